The Bertz CT molecular complexity index is 1510. The maximum Gasteiger partial charge on any atom is 0.240 e. The number of hydrogen-bond acceptors (Lipinski definition) is 5. The predicted molar refractivity (Wildman–Crippen MR) is 156 cm³/mol. The highest BCUT2D eigenvalue weighted by molar-refractivity contribution is 8.00. The van der Waals surface area contributed by atoms with Crippen LogP contribution in [0.15, 0.2) is 78.9 Å². The van der Waals surface area contributed by atoms with Gasteiger partial charge >= 0.3 is 0 Å². The zero-order chi connectivity index (χ0) is 28.2. The molecule has 0 aliphatic carbocycles. The highest BCUT2D eigenvalue weighted by Gasteiger charge is 2.37. The molecule has 1 aromatic heterocycles. The molecule has 1 aliphatic rings. The van der Waals surface area contributed by atoms with Crippen molar-refractivity contribution in [2.75, 3.05) is 30.9 Å². The minimum atomic E-state index is -0.402. The molecule has 40 heavy (non-hydrogen) atoms. The molecular formula is C31H31FN4O3S. The summed E-state index contributed by atoms with van der Waals surface area (Å²) in [5.41, 5.74) is 3.68. The number of fused-ring (bicyclic) bond motifs is 1. The molecule has 9 heteroatoms. The van der Waals surface area contributed by atoms with Crippen molar-refractivity contribution in [1.82, 2.24) is 15.1 Å². The highest BCUT2D eigenvalue weighted by atomic mass is 32.2. The number of nitrogens with zero attached hydrogens (tertiary/aromatic N) is 3. The first kappa shape index (κ1) is 27.5. The van der Waals surface area contributed by atoms with Gasteiger partial charge in [0.1, 0.15) is 23.9 Å². The largest absolute Gasteiger partial charge is 0.497 e. The van der Waals surface area contributed by atoms with Gasteiger partial charge in [0.05, 0.1) is 29.5 Å². The molecule has 3 aromatic carbocycles. The van der Waals surface area contributed by atoms with Crippen LogP contribution in [0.25, 0.3) is 16.9 Å². The summed E-state index contributed by atoms with van der Waals surface area (Å²) in [4.78, 5) is 28.3. The number of thioether (sulfide) groups is 1. The van der Waals surface area contributed by atoms with Crippen LogP contribution < -0.4 is 15.0 Å². The number of aromatic nitrogens is 2. The number of hydrogen-bond donors (Lipinski definition) is 1. The van der Waals surface area contributed by atoms with Crippen molar-refractivity contribution in [3.05, 3.63) is 95.8 Å². The van der Waals surface area contributed by atoms with E-state index in [1.165, 1.54) is 28.8 Å². The van der Waals surface area contributed by atoms with Crippen LogP contribution in [0.4, 0.5) is 10.2 Å². The van der Waals surface area contributed by atoms with Gasteiger partial charge < -0.3 is 10.1 Å². The van der Waals surface area contributed by atoms with Crippen LogP contribution in [0.2, 0.25) is 0 Å². The van der Waals surface area contributed by atoms with E-state index in [-0.39, 0.29) is 35.8 Å². The van der Waals surface area contributed by atoms with Crippen LogP contribution in [0, 0.1) is 11.7 Å². The first-order valence-electron chi connectivity index (χ1n) is 13.1. The molecule has 0 saturated carbocycles. The third-order valence-electron chi connectivity index (χ3n) is 6.61. The first-order valence-corrected chi connectivity index (χ1v) is 14.2. The number of amides is 2. The molecule has 2 amide bonds. The minimum Gasteiger partial charge on any atom is -0.497 e. The quantitative estimate of drug-likeness (QED) is 0.304. The number of nitrogens with one attached hydrogen (secondary N) is 1. The lowest BCUT2D eigenvalue weighted by Gasteiger charge is -2.23. The fourth-order valence-corrected chi connectivity index (χ4v) is 5.87. The molecule has 0 radical (unpaired) electrons. The molecule has 206 valence electrons. The Morgan fingerprint density at radius 2 is 1.85 bits per heavy atom. The van der Waals surface area contributed by atoms with Gasteiger partial charge in [0.2, 0.25) is 11.8 Å². The lowest BCUT2D eigenvalue weighted by Crippen LogP contribution is -2.43. The number of anilines is 1. The Balaban J connectivity index is 1.76. The molecule has 1 aliphatic heterocycles. The lowest BCUT2D eigenvalue weighted by molar-refractivity contribution is -0.123. The molecule has 0 saturated heterocycles. The average molecular weight is 559 g/mol. The minimum absolute atomic E-state index is 0.115. The van der Waals surface area contributed by atoms with Crippen molar-refractivity contribution >= 4 is 29.4 Å². The zero-order valence-electron chi connectivity index (χ0n) is 22.6. The summed E-state index contributed by atoms with van der Waals surface area (Å²) in [5, 5.41) is 7.56. The number of carbonyl (C=O) groups excluding carboxylic acids is 2. The maximum absolute atomic E-state index is 14.5. The van der Waals surface area contributed by atoms with E-state index in [0.29, 0.717) is 29.5 Å². The van der Waals surface area contributed by atoms with Crippen molar-refractivity contribution in [1.29, 1.82) is 0 Å². The van der Waals surface area contributed by atoms with E-state index in [4.69, 9.17) is 9.84 Å². The second kappa shape index (κ2) is 12.0. The molecule has 0 unspecified atom stereocenters. The summed E-state index contributed by atoms with van der Waals surface area (Å²) in [6.45, 7) is 4.37. The Morgan fingerprint density at radius 1 is 1.10 bits per heavy atom. The van der Waals surface area contributed by atoms with Crippen LogP contribution in [0.3, 0.4) is 0 Å². The van der Waals surface area contributed by atoms with E-state index in [2.05, 4.69) is 5.32 Å². The Morgan fingerprint density at radius 3 is 2.52 bits per heavy atom. The van der Waals surface area contributed by atoms with Crippen molar-refractivity contribution < 1.29 is 18.7 Å². The molecule has 2 heterocycles. The summed E-state index contributed by atoms with van der Waals surface area (Å²) >= 11 is 1.41. The average Bonchev–Trinajstić information content (AvgIpc) is 3.29. The fourth-order valence-electron chi connectivity index (χ4n) is 4.68. The van der Waals surface area contributed by atoms with E-state index >= 15 is 0 Å². The lowest BCUT2D eigenvalue weighted by atomic mass is 9.99. The van der Waals surface area contributed by atoms with Crippen molar-refractivity contribution in [3.8, 4) is 22.7 Å². The summed E-state index contributed by atoms with van der Waals surface area (Å²) < 4.78 is 21.5. The third-order valence-corrected chi connectivity index (χ3v) is 7.87. The molecule has 1 atom stereocenters. The monoisotopic (exact) mass is 558 g/mol. The van der Waals surface area contributed by atoms with Gasteiger partial charge in [-0.25, -0.2) is 9.07 Å². The summed E-state index contributed by atoms with van der Waals surface area (Å²) in [6.07, 6.45) is 0. The standard InChI is InChI=1S/C31H31FN4O3S/c1-20(2)17-33-26(37)18-35-27(38)19-40-30(22-10-7-11-23(32)16-22)28-29(21-8-5-4-6-9-21)34-36(31(28)35)24-12-14-25(39-3)15-13-24/h4-16,20,30H,17-19H2,1-3H3,(H,33,37)/t30-/m0/s1. The smallest absolute Gasteiger partial charge is 0.240 e. The highest BCUT2D eigenvalue weighted by Crippen LogP contribution is 2.48. The molecule has 4 aromatic rings. The van der Waals surface area contributed by atoms with Crippen molar-refractivity contribution in [2.45, 2.75) is 19.1 Å². The van der Waals surface area contributed by atoms with Crippen LogP contribution in [-0.2, 0) is 9.59 Å². The van der Waals surface area contributed by atoms with Crippen LogP contribution in [0.1, 0.15) is 30.2 Å². The SMILES string of the molecule is COc1ccc(-n2nc(-c3ccccc3)c3c2N(CC(=O)NCC(C)C)C(=O)CS[C@H]3c2cccc(F)c2)cc1. The number of ether oxygens (including phenoxy) is 1. The van der Waals surface area contributed by atoms with E-state index in [1.807, 2.05) is 74.5 Å². The predicted octanol–water partition coefficient (Wildman–Crippen LogP) is 5.63. The maximum atomic E-state index is 14.5. The molecule has 5 rings (SSSR count). The Kier molecular flexibility index (Phi) is 8.21. The summed E-state index contributed by atoms with van der Waals surface area (Å²) in [5.74, 6) is 0.715. The van der Waals surface area contributed by atoms with E-state index in [1.54, 1.807) is 17.9 Å². The van der Waals surface area contributed by atoms with Crippen LogP contribution >= 0.6 is 11.8 Å². The normalized spacial score (nSPS) is 15.1. The third kappa shape index (κ3) is 5.74. The number of rotatable bonds is 8. The topological polar surface area (TPSA) is 76.5 Å². The van der Waals surface area contributed by atoms with E-state index in [0.717, 1.165) is 16.7 Å². The molecule has 0 bridgehead atoms. The van der Waals surface area contributed by atoms with Crippen LogP contribution in [-0.4, -0.2) is 47.5 Å². The molecule has 1 N–H and O–H groups in total. The molecule has 7 nitrogen and oxygen atoms in total. The summed E-state index contributed by atoms with van der Waals surface area (Å²) in [6, 6.07) is 23.5. The number of carbonyl (C=O) groups is 2. The van der Waals surface area contributed by atoms with Crippen molar-refractivity contribution in [2.24, 2.45) is 5.92 Å². The summed E-state index contributed by atoms with van der Waals surface area (Å²) in [7, 11) is 1.60. The Labute approximate surface area is 237 Å². The van der Waals surface area contributed by atoms with E-state index < -0.39 is 5.25 Å². The molecule has 0 fully saturated rings. The zero-order valence-corrected chi connectivity index (χ0v) is 23.5. The van der Waals surface area contributed by atoms with Gasteiger partial charge in [0, 0.05) is 17.7 Å². The second-order valence-corrected chi connectivity index (χ2v) is 11.1. The van der Waals surface area contributed by atoms with E-state index in [9.17, 15) is 14.0 Å². The van der Waals surface area contributed by atoms with Gasteiger partial charge in [0.25, 0.3) is 0 Å². The fraction of sp³-hybridized carbons (Fsp3) is 0.258. The number of halogens is 1. The van der Waals surface area contributed by atoms with Crippen LogP contribution in [0.5, 0.6) is 5.75 Å². The van der Waals surface area contributed by atoms with Gasteiger partial charge in [-0.3, -0.25) is 14.5 Å². The van der Waals surface area contributed by atoms with Gasteiger partial charge in [-0.1, -0.05) is 56.3 Å². The number of methoxy groups -OCH3 is 1. The van der Waals surface area contributed by atoms with Gasteiger partial charge in [-0.05, 0) is 47.9 Å². The second-order valence-electron chi connectivity index (χ2n) is 9.99. The van der Waals surface area contributed by atoms with Gasteiger partial charge in [0.15, 0.2) is 0 Å². The Hall–Kier alpha value is -4.11. The van der Waals surface area contributed by atoms with Crippen molar-refractivity contribution in [3.63, 3.8) is 0 Å². The first-order chi connectivity index (χ1) is 19.4. The van der Waals surface area contributed by atoms with Gasteiger partial charge in [-0.15, -0.1) is 11.8 Å². The van der Waals surface area contributed by atoms with Gasteiger partial charge in [-0.2, -0.15) is 5.10 Å². The molecular weight excluding hydrogens is 527 g/mol. The molecule has 0 spiro atoms. The number of benzene rings is 3.